The molecule has 0 unspecified atom stereocenters. The Bertz CT molecular complexity index is 786. The van der Waals surface area contributed by atoms with Gasteiger partial charge in [-0.15, -0.1) is 0 Å². The van der Waals surface area contributed by atoms with Gasteiger partial charge in [0.05, 0.1) is 11.7 Å². The van der Waals surface area contributed by atoms with E-state index in [0.29, 0.717) is 0 Å². The molecule has 2 N–H and O–H groups in total. The van der Waals surface area contributed by atoms with Gasteiger partial charge >= 0.3 is 0 Å². The average molecular weight is 266 g/mol. The summed E-state index contributed by atoms with van der Waals surface area (Å²) in [6, 6.07) is 15.0. The smallest absolute Gasteiger partial charge is 0.115 e. The number of oxime groups is 1. The number of phenolic OH excluding ortho intramolecular Hbond substituents is 1. The van der Waals surface area contributed by atoms with Crippen molar-refractivity contribution in [1.29, 1.82) is 0 Å². The molecule has 0 aliphatic heterocycles. The molecule has 0 aliphatic carbocycles. The highest BCUT2D eigenvalue weighted by molar-refractivity contribution is 6.01. The van der Waals surface area contributed by atoms with Crippen molar-refractivity contribution in [2.24, 2.45) is 5.16 Å². The number of aromatic nitrogens is 1. The second-order valence-corrected chi connectivity index (χ2v) is 4.61. The number of hydrogen-bond acceptors (Lipinski definition) is 3. The van der Waals surface area contributed by atoms with E-state index in [0.717, 1.165) is 27.8 Å². The molecule has 1 heterocycles. The van der Waals surface area contributed by atoms with Gasteiger partial charge in [-0.25, -0.2) is 0 Å². The van der Waals surface area contributed by atoms with Crippen molar-refractivity contribution in [3.8, 4) is 11.4 Å². The molecule has 0 saturated heterocycles. The third kappa shape index (κ3) is 1.82. The molecule has 2 aromatic carbocycles. The summed E-state index contributed by atoms with van der Waals surface area (Å²) in [5.74, 6) is 0.236. The van der Waals surface area contributed by atoms with Gasteiger partial charge in [0, 0.05) is 22.3 Å². The Balaban J connectivity index is 2.35. The molecule has 0 spiro atoms. The lowest BCUT2D eigenvalue weighted by molar-refractivity contribution is 0.322. The molecule has 20 heavy (non-hydrogen) atoms. The molecule has 0 fully saturated rings. The van der Waals surface area contributed by atoms with Gasteiger partial charge in [0.1, 0.15) is 5.75 Å². The fraction of sp³-hybridized carbons (Fsp3) is 0.0625. The molecule has 0 aliphatic rings. The molecule has 0 saturated carbocycles. The Kier molecular flexibility index (Phi) is 2.91. The summed E-state index contributed by atoms with van der Waals surface area (Å²) < 4.78 is 2.08. The van der Waals surface area contributed by atoms with Crippen LogP contribution < -0.4 is 0 Å². The lowest BCUT2D eigenvalue weighted by Crippen LogP contribution is -1.97. The van der Waals surface area contributed by atoms with E-state index in [1.165, 1.54) is 6.21 Å². The average Bonchev–Trinajstić information content (AvgIpc) is 2.74. The number of para-hydroxylation sites is 1. The minimum absolute atomic E-state index is 0.236. The van der Waals surface area contributed by atoms with E-state index in [1.807, 2.05) is 43.3 Å². The number of benzene rings is 2. The van der Waals surface area contributed by atoms with Gasteiger partial charge in [-0.05, 0) is 37.3 Å². The molecular weight excluding hydrogens is 252 g/mol. The molecule has 100 valence electrons. The second-order valence-electron chi connectivity index (χ2n) is 4.61. The van der Waals surface area contributed by atoms with Crippen LogP contribution in [-0.2, 0) is 0 Å². The zero-order valence-electron chi connectivity index (χ0n) is 11.0. The number of hydrogen-bond donors (Lipinski definition) is 2. The maximum atomic E-state index is 9.41. The first-order chi connectivity index (χ1) is 9.72. The van der Waals surface area contributed by atoms with Crippen molar-refractivity contribution in [2.45, 2.75) is 6.92 Å². The van der Waals surface area contributed by atoms with E-state index in [9.17, 15) is 5.11 Å². The van der Waals surface area contributed by atoms with Crippen LogP contribution in [0.3, 0.4) is 0 Å². The number of nitrogens with zero attached hydrogens (tertiary/aromatic N) is 2. The first-order valence-electron chi connectivity index (χ1n) is 6.29. The molecule has 4 nitrogen and oxygen atoms in total. The van der Waals surface area contributed by atoms with Gasteiger partial charge in [-0.1, -0.05) is 23.4 Å². The second kappa shape index (κ2) is 4.74. The number of fused-ring (bicyclic) bond motifs is 1. The van der Waals surface area contributed by atoms with E-state index in [1.54, 1.807) is 12.1 Å². The summed E-state index contributed by atoms with van der Waals surface area (Å²) in [6.45, 7) is 1.98. The third-order valence-corrected chi connectivity index (χ3v) is 3.46. The summed E-state index contributed by atoms with van der Waals surface area (Å²) in [7, 11) is 0. The fourth-order valence-electron chi connectivity index (χ4n) is 2.55. The van der Waals surface area contributed by atoms with Crippen LogP contribution in [0.5, 0.6) is 5.75 Å². The highest BCUT2D eigenvalue weighted by atomic mass is 16.4. The SMILES string of the molecule is Cc1c(/C=N\O)c2ccccc2n1-c1ccc(O)cc1. The molecule has 0 atom stereocenters. The van der Waals surface area contributed by atoms with Crippen molar-refractivity contribution < 1.29 is 10.3 Å². The molecule has 3 rings (SSSR count). The van der Waals surface area contributed by atoms with Gasteiger partial charge in [0.2, 0.25) is 0 Å². The van der Waals surface area contributed by atoms with Gasteiger partial charge < -0.3 is 14.9 Å². The monoisotopic (exact) mass is 266 g/mol. The first kappa shape index (κ1) is 12.3. The van der Waals surface area contributed by atoms with Crippen LogP contribution in [0.1, 0.15) is 11.3 Å². The fourth-order valence-corrected chi connectivity index (χ4v) is 2.55. The predicted octanol–water partition coefficient (Wildman–Crippen LogP) is 3.45. The number of aromatic hydroxyl groups is 1. The van der Waals surface area contributed by atoms with Crippen LogP contribution >= 0.6 is 0 Å². The largest absolute Gasteiger partial charge is 0.508 e. The van der Waals surface area contributed by atoms with Crippen molar-refractivity contribution in [1.82, 2.24) is 4.57 Å². The van der Waals surface area contributed by atoms with Gasteiger partial charge in [0.25, 0.3) is 0 Å². The van der Waals surface area contributed by atoms with Gasteiger partial charge in [0.15, 0.2) is 0 Å². The van der Waals surface area contributed by atoms with Crippen LogP contribution in [0, 0.1) is 6.92 Å². The summed E-state index contributed by atoms with van der Waals surface area (Å²) in [5.41, 5.74) is 3.85. The van der Waals surface area contributed by atoms with E-state index < -0.39 is 0 Å². The van der Waals surface area contributed by atoms with Crippen LogP contribution in [0.15, 0.2) is 53.7 Å². The number of rotatable bonds is 2. The van der Waals surface area contributed by atoms with Crippen molar-refractivity contribution in [3.63, 3.8) is 0 Å². The Morgan fingerprint density at radius 1 is 1.05 bits per heavy atom. The Morgan fingerprint density at radius 3 is 2.45 bits per heavy atom. The topological polar surface area (TPSA) is 57.8 Å². The Hall–Kier alpha value is -2.75. The first-order valence-corrected chi connectivity index (χ1v) is 6.29. The molecule has 0 radical (unpaired) electrons. The quantitative estimate of drug-likeness (QED) is 0.424. The standard InChI is InChI=1S/C16H14N2O2/c1-11-15(10-17-20)14-4-2-3-5-16(14)18(11)12-6-8-13(19)9-7-12/h2-10,19-20H,1H3/b17-10-. The van der Waals surface area contributed by atoms with Gasteiger partial charge in [-0.3, -0.25) is 0 Å². The molecule has 3 aromatic rings. The van der Waals surface area contributed by atoms with Gasteiger partial charge in [-0.2, -0.15) is 0 Å². The Morgan fingerprint density at radius 2 is 1.75 bits per heavy atom. The summed E-state index contributed by atoms with van der Waals surface area (Å²) in [4.78, 5) is 0. The molecule has 0 amide bonds. The minimum Gasteiger partial charge on any atom is -0.508 e. The molecule has 1 aromatic heterocycles. The highest BCUT2D eigenvalue weighted by Gasteiger charge is 2.13. The minimum atomic E-state index is 0.236. The van der Waals surface area contributed by atoms with Crippen molar-refractivity contribution in [3.05, 3.63) is 59.8 Å². The molecule has 4 heteroatoms. The zero-order valence-corrected chi connectivity index (χ0v) is 11.0. The summed E-state index contributed by atoms with van der Waals surface area (Å²) in [5, 5.41) is 22.4. The van der Waals surface area contributed by atoms with E-state index in [-0.39, 0.29) is 5.75 Å². The zero-order chi connectivity index (χ0) is 14.1. The van der Waals surface area contributed by atoms with E-state index in [4.69, 9.17) is 5.21 Å². The lowest BCUT2D eigenvalue weighted by Gasteiger charge is -2.08. The van der Waals surface area contributed by atoms with Crippen molar-refractivity contribution in [2.75, 3.05) is 0 Å². The highest BCUT2D eigenvalue weighted by Crippen LogP contribution is 2.28. The van der Waals surface area contributed by atoms with Crippen LogP contribution in [0.2, 0.25) is 0 Å². The normalized spacial score (nSPS) is 11.4. The van der Waals surface area contributed by atoms with Crippen LogP contribution in [-0.4, -0.2) is 21.1 Å². The molecular formula is C16H14N2O2. The van der Waals surface area contributed by atoms with E-state index >= 15 is 0 Å². The van der Waals surface area contributed by atoms with Crippen LogP contribution in [0.25, 0.3) is 16.6 Å². The summed E-state index contributed by atoms with van der Waals surface area (Å²) in [6.07, 6.45) is 1.45. The van der Waals surface area contributed by atoms with Crippen LogP contribution in [0.4, 0.5) is 0 Å². The maximum Gasteiger partial charge on any atom is 0.115 e. The third-order valence-electron chi connectivity index (χ3n) is 3.46. The Labute approximate surface area is 116 Å². The lowest BCUT2D eigenvalue weighted by atomic mass is 10.1. The van der Waals surface area contributed by atoms with Crippen molar-refractivity contribution >= 4 is 17.1 Å². The predicted molar refractivity (Wildman–Crippen MR) is 79.1 cm³/mol. The number of phenols is 1. The maximum absolute atomic E-state index is 9.41. The summed E-state index contributed by atoms with van der Waals surface area (Å²) >= 11 is 0. The molecule has 0 bridgehead atoms. The van der Waals surface area contributed by atoms with E-state index in [2.05, 4.69) is 9.72 Å².